The van der Waals surface area contributed by atoms with Crippen molar-refractivity contribution in [3.8, 4) is 0 Å². The molecule has 0 radical (unpaired) electrons. The van der Waals surface area contributed by atoms with E-state index in [4.69, 9.17) is 5.10 Å². The molecule has 3 aromatic rings. The summed E-state index contributed by atoms with van der Waals surface area (Å²) in [6, 6.07) is 21.1. The van der Waals surface area contributed by atoms with Crippen LogP contribution in [0, 0.1) is 16.0 Å². The number of nitrogens with one attached hydrogen (secondary N) is 1. The molecular formula is C30H31N5O4. The van der Waals surface area contributed by atoms with E-state index < -0.39 is 4.92 Å². The molecule has 0 unspecified atom stereocenters. The number of hydrogen-bond donors (Lipinski definition) is 1. The number of nitro benzene ring substituents is 1. The van der Waals surface area contributed by atoms with Crippen molar-refractivity contribution in [1.82, 2.24) is 5.01 Å². The van der Waals surface area contributed by atoms with Crippen LogP contribution in [0.3, 0.4) is 0 Å². The van der Waals surface area contributed by atoms with Crippen LogP contribution >= 0.6 is 0 Å². The molecule has 1 heterocycles. The van der Waals surface area contributed by atoms with E-state index in [0.717, 1.165) is 42.5 Å². The van der Waals surface area contributed by atoms with Crippen molar-refractivity contribution in [3.05, 3.63) is 94.0 Å². The molecule has 2 aliphatic rings. The highest BCUT2D eigenvalue weighted by molar-refractivity contribution is 6.14. The number of nitro groups is 1. The zero-order chi connectivity index (χ0) is 27.4. The summed E-state index contributed by atoms with van der Waals surface area (Å²) >= 11 is 0. The van der Waals surface area contributed by atoms with Gasteiger partial charge in [0.1, 0.15) is 0 Å². The van der Waals surface area contributed by atoms with Gasteiger partial charge < -0.3 is 5.32 Å². The number of urea groups is 1. The third-order valence-electron chi connectivity index (χ3n) is 7.24. The summed E-state index contributed by atoms with van der Waals surface area (Å²) in [5.41, 5.74) is 4.42. The van der Waals surface area contributed by atoms with Crippen molar-refractivity contribution in [2.45, 2.75) is 45.4 Å². The highest BCUT2D eigenvalue weighted by atomic mass is 16.6. The summed E-state index contributed by atoms with van der Waals surface area (Å²) < 4.78 is 0. The first-order valence-electron chi connectivity index (χ1n) is 13.3. The van der Waals surface area contributed by atoms with Crippen LogP contribution in [0.25, 0.3) is 0 Å². The van der Waals surface area contributed by atoms with Gasteiger partial charge >= 0.3 is 6.03 Å². The number of non-ortho nitro benzene ring substituents is 1. The fraction of sp³-hybridized carbons (Fsp3) is 0.300. The van der Waals surface area contributed by atoms with Crippen LogP contribution in [0.15, 0.2) is 77.9 Å². The van der Waals surface area contributed by atoms with Gasteiger partial charge in [0, 0.05) is 36.2 Å². The minimum absolute atomic E-state index is 0.0534. The largest absolute Gasteiger partial charge is 0.349 e. The molecular weight excluding hydrogens is 494 g/mol. The van der Waals surface area contributed by atoms with Crippen LogP contribution in [0.2, 0.25) is 0 Å². The zero-order valence-corrected chi connectivity index (χ0v) is 21.9. The number of amides is 3. The van der Waals surface area contributed by atoms with Gasteiger partial charge in [-0.05, 0) is 55.2 Å². The molecule has 1 aliphatic carbocycles. The second kappa shape index (κ2) is 11.5. The number of fused-ring (bicyclic) bond motifs is 1. The maximum absolute atomic E-state index is 14.2. The van der Waals surface area contributed by atoms with Crippen molar-refractivity contribution in [1.29, 1.82) is 0 Å². The summed E-state index contributed by atoms with van der Waals surface area (Å²) in [4.78, 5) is 38.4. The van der Waals surface area contributed by atoms with Gasteiger partial charge in [-0.3, -0.25) is 19.8 Å². The molecule has 1 aliphatic heterocycles. The van der Waals surface area contributed by atoms with Crippen LogP contribution in [-0.4, -0.2) is 34.1 Å². The lowest BCUT2D eigenvalue weighted by molar-refractivity contribution is -0.384. The number of nitrogens with zero attached hydrogens (tertiary/aromatic N) is 4. The van der Waals surface area contributed by atoms with E-state index >= 15 is 0 Å². The van der Waals surface area contributed by atoms with Crippen LogP contribution in [0.4, 0.5) is 27.5 Å². The van der Waals surface area contributed by atoms with Gasteiger partial charge in [-0.1, -0.05) is 49.6 Å². The second-order valence-corrected chi connectivity index (χ2v) is 9.98. The third-order valence-corrected chi connectivity index (χ3v) is 7.24. The molecule has 0 aromatic heterocycles. The first-order valence-corrected chi connectivity index (χ1v) is 13.3. The number of rotatable bonds is 7. The number of benzene rings is 3. The first kappa shape index (κ1) is 26.1. The fourth-order valence-corrected chi connectivity index (χ4v) is 5.34. The lowest BCUT2D eigenvalue weighted by atomic mass is 9.82. The average molecular weight is 526 g/mol. The van der Waals surface area contributed by atoms with E-state index in [1.165, 1.54) is 30.5 Å². The minimum Gasteiger partial charge on any atom is -0.326 e. The molecule has 3 amide bonds. The molecule has 0 saturated heterocycles. The highest BCUT2D eigenvalue weighted by Gasteiger charge is 2.34. The number of carbonyl (C=O) groups excluding carboxylic acids is 2. The summed E-state index contributed by atoms with van der Waals surface area (Å²) in [6.07, 6.45) is 5.92. The standard InChI is InChI=1S/C30H31N5O4/c1-21(36)31-24-12-17-28-27(20-24)29(23-10-6-3-7-11-23)32-33(19-18-22-8-4-2-5-9-22)30(37)34(28)25-13-15-26(16-14-25)35(38)39/h2,4-5,8-9,12-17,20,23H,3,6-7,10-11,18-19H2,1H3,(H,31,36). The predicted octanol–water partition coefficient (Wildman–Crippen LogP) is 6.65. The molecule has 3 aromatic carbocycles. The lowest BCUT2D eigenvalue weighted by Gasteiger charge is -2.27. The van der Waals surface area contributed by atoms with Gasteiger partial charge in [0.05, 0.1) is 28.6 Å². The van der Waals surface area contributed by atoms with E-state index in [-0.39, 0.29) is 23.5 Å². The van der Waals surface area contributed by atoms with Crippen molar-refractivity contribution < 1.29 is 14.5 Å². The van der Waals surface area contributed by atoms with Gasteiger partial charge in [0.25, 0.3) is 5.69 Å². The fourth-order valence-electron chi connectivity index (χ4n) is 5.34. The predicted molar refractivity (Wildman–Crippen MR) is 151 cm³/mol. The van der Waals surface area contributed by atoms with Gasteiger partial charge in [-0.15, -0.1) is 0 Å². The number of hydrogen-bond acceptors (Lipinski definition) is 5. The smallest absolute Gasteiger partial charge is 0.326 e. The molecule has 200 valence electrons. The van der Waals surface area contributed by atoms with Crippen LogP contribution in [-0.2, 0) is 11.2 Å². The Morgan fingerprint density at radius 1 is 1.03 bits per heavy atom. The highest BCUT2D eigenvalue weighted by Crippen LogP contribution is 2.39. The van der Waals surface area contributed by atoms with E-state index in [1.807, 2.05) is 42.5 Å². The molecule has 39 heavy (non-hydrogen) atoms. The van der Waals surface area contributed by atoms with Crippen molar-refractivity contribution in [2.24, 2.45) is 11.0 Å². The minimum atomic E-state index is -0.460. The molecule has 1 N–H and O–H groups in total. The van der Waals surface area contributed by atoms with Crippen molar-refractivity contribution in [3.63, 3.8) is 0 Å². The molecule has 0 atom stereocenters. The van der Waals surface area contributed by atoms with Crippen LogP contribution < -0.4 is 10.2 Å². The molecule has 5 rings (SSSR count). The van der Waals surface area contributed by atoms with Crippen LogP contribution in [0.1, 0.15) is 50.2 Å². The Morgan fingerprint density at radius 2 is 1.74 bits per heavy atom. The third kappa shape index (κ3) is 5.82. The molecule has 1 saturated carbocycles. The van der Waals surface area contributed by atoms with Crippen molar-refractivity contribution in [2.75, 3.05) is 16.8 Å². The van der Waals surface area contributed by atoms with E-state index in [1.54, 1.807) is 23.1 Å². The topological polar surface area (TPSA) is 108 Å². The monoisotopic (exact) mass is 525 g/mol. The van der Waals surface area contributed by atoms with Crippen LogP contribution in [0.5, 0.6) is 0 Å². The van der Waals surface area contributed by atoms with Gasteiger partial charge in [-0.2, -0.15) is 5.10 Å². The van der Waals surface area contributed by atoms with E-state index in [9.17, 15) is 19.7 Å². The second-order valence-electron chi connectivity index (χ2n) is 9.98. The Kier molecular flexibility index (Phi) is 7.67. The Hall–Kier alpha value is -4.53. The van der Waals surface area contributed by atoms with Gasteiger partial charge in [-0.25, -0.2) is 9.80 Å². The van der Waals surface area contributed by atoms with E-state index in [2.05, 4.69) is 5.32 Å². The summed E-state index contributed by atoms with van der Waals surface area (Å²) in [5, 5.41) is 20.7. The SMILES string of the molecule is CC(=O)Nc1ccc2c(c1)C(C1CCCCC1)=NN(CCc1ccccc1)C(=O)N2c1ccc([N+](=O)[O-])cc1. The summed E-state index contributed by atoms with van der Waals surface area (Å²) in [7, 11) is 0. The Morgan fingerprint density at radius 3 is 2.41 bits per heavy atom. The number of carbonyl (C=O) groups is 2. The average Bonchev–Trinajstić information content (AvgIpc) is 3.06. The van der Waals surface area contributed by atoms with E-state index in [0.29, 0.717) is 30.0 Å². The molecule has 0 bridgehead atoms. The van der Waals surface area contributed by atoms with Gasteiger partial charge in [0.15, 0.2) is 0 Å². The lowest BCUT2D eigenvalue weighted by Crippen LogP contribution is -2.38. The molecule has 1 fully saturated rings. The summed E-state index contributed by atoms with van der Waals surface area (Å²) in [6.45, 7) is 1.83. The Bertz CT molecular complexity index is 1400. The Labute approximate surface area is 227 Å². The molecule has 0 spiro atoms. The Balaban J connectivity index is 1.63. The zero-order valence-electron chi connectivity index (χ0n) is 21.9. The maximum Gasteiger partial charge on any atom is 0.349 e. The normalized spacial score (nSPS) is 15.8. The molecule has 9 nitrogen and oxygen atoms in total. The molecule has 9 heteroatoms. The first-order chi connectivity index (χ1) is 18.9. The quantitative estimate of drug-likeness (QED) is 0.275. The maximum atomic E-state index is 14.2. The van der Waals surface area contributed by atoms with Gasteiger partial charge in [0.2, 0.25) is 5.91 Å². The number of anilines is 3. The van der Waals surface area contributed by atoms with Crippen molar-refractivity contribution >= 4 is 40.4 Å². The summed E-state index contributed by atoms with van der Waals surface area (Å²) in [5.74, 6) is -0.0126. The number of hydrazone groups is 1.